The van der Waals surface area contributed by atoms with E-state index in [9.17, 15) is 18.0 Å². The van der Waals surface area contributed by atoms with Crippen molar-refractivity contribution in [1.29, 1.82) is 0 Å². The highest BCUT2D eigenvalue weighted by atomic mass is 35.5. The van der Waals surface area contributed by atoms with Gasteiger partial charge in [-0.1, -0.05) is 11.6 Å². The first kappa shape index (κ1) is 19.6. The number of rotatable bonds is 2. The number of carbonyl (C=O) groups excluding carboxylic acids is 1. The van der Waals surface area contributed by atoms with Crippen LogP contribution >= 0.6 is 11.6 Å². The largest absolute Gasteiger partial charge is 0.444 e. The van der Waals surface area contributed by atoms with Gasteiger partial charge in [0.1, 0.15) is 16.6 Å². The summed E-state index contributed by atoms with van der Waals surface area (Å²) in [6.07, 6.45) is -3.71. The lowest BCUT2D eigenvalue weighted by Gasteiger charge is -2.33. The second-order valence-corrected chi connectivity index (χ2v) is 7.27. The van der Waals surface area contributed by atoms with Crippen molar-refractivity contribution in [2.24, 2.45) is 0 Å². The fourth-order valence-corrected chi connectivity index (χ4v) is 2.80. The average Bonchev–Trinajstić information content (AvgIpc) is 2.44. The highest BCUT2D eigenvalue weighted by molar-refractivity contribution is 6.30. The van der Waals surface area contributed by atoms with Crippen LogP contribution in [0.1, 0.15) is 39.2 Å². The van der Waals surface area contributed by atoms with Gasteiger partial charge in [0.25, 0.3) is 0 Å². The SMILES string of the molecule is CC(C)(C)OC(=O)NC1CCN(c2ccc(C(F)(F)F)c(Cl)n2)CC1. The number of nitrogens with one attached hydrogen (secondary N) is 1. The van der Waals surface area contributed by atoms with E-state index in [1.807, 2.05) is 4.90 Å². The minimum Gasteiger partial charge on any atom is -0.444 e. The number of alkyl carbamates (subject to hydrolysis) is 1. The number of nitrogens with zero attached hydrogens (tertiary/aromatic N) is 2. The zero-order valence-corrected chi connectivity index (χ0v) is 15.0. The van der Waals surface area contributed by atoms with Crippen LogP contribution in [0, 0.1) is 0 Å². The Balaban J connectivity index is 1.92. The topological polar surface area (TPSA) is 54.5 Å². The second-order valence-electron chi connectivity index (χ2n) is 6.91. The molecule has 0 bridgehead atoms. The van der Waals surface area contributed by atoms with E-state index in [2.05, 4.69) is 10.3 Å². The van der Waals surface area contributed by atoms with Crippen molar-refractivity contribution in [3.8, 4) is 0 Å². The smallest absolute Gasteiger partial charge is 0.419 e. The number of pyridine rings is 1. The molecule has 2 heterocycles. The highest BCUT2D eigenvalue weighted by Crippen LogP contribution is 2.35. The fourth-order valence-electron chi connectivity index (χ4n) is 2.54. The number of piperidine rings is 1. The van der Waals surface area contributed by atoms with Crippen molar-refractivity contribution < 1.29 is 22.7 Å². The molecule has 0 unspecified atom stereocenters. The number of carbonyl (C=O) groups is 1. The molecule has 1 saturated heterocycles. The van der Waals surface area contributed by atoms with Gasteiger partial charge >= 0.3 is 12.3 Å². The lowest BCUT2D eigenvalue weighted by molar-refractivity contribution is -0.137. The molecule has 0 spiro atoms. The Morgan fingerprint density at radius 2 is 1.88 bits per heavy atom. The summed E-state index contributed by atoms with van der Waals surface area (Å²) in [5.74, 6) is 0.397. The number of alkyl halides is 3. The van der Waals surface area contributed by atoms with Crippen LogP contribution in [0.15, 0.2) is 12.1 Å². The lowest BCUT2D eigenvalue weighted by atomic mass is 10.1. The van der Waals surface area contributed by atoms with E-state index in [1.54, 1.807) is 20.8 Å². The predicted octanol–water partition coefficient (Wildman–Crippen LogP) is 4.25. The molecule has 0 saturated carbocycles. The van der Waals surface area contributed by atoms with Gasteiger partial charge in [-0.3, -0.25) is 0 Å². The molecule has 1 amide bonds. The standard InChI is InChI=1S/C16H21ClF3N3O2/c1-15(2,3)25-14(24)21-10-6-8-23(9-7-10)12-5-4-11(13(17)22-12)16(18,19)20/h4-5,10H,6-9H2,1-3H3,(H,21,24). The normalized spacial score (nSPS) is 16.7. The first-order chi connectivity index (χ1) is 11.5. The third-order valence-corrected chi connectivity index (χ3v) is 3.97. The Bertz CT molecular complexity index is 624. The molecule has 140 valence electrons. The number of hydrogen-bond donors (Lipinski definition) is 1. The first-order valence-corrected chi connectivity index (χ1v) is 8.32. The van der Waals surface area contributed by atoms with Crippen molar-refractivity contribution in [3.63, 3.8) is 0 Å². The molecule has 2 rings (SSSR count). The van der Waals surface area contributed by atoms with Gasteiger partial charge in [0.15, 0.2) is 0 Å². The predicted molar refractivity (Wildman–Crippen MR) is 88.9 cm³/mol. The summed E-state index contributed by atoms with van der Waals surface area (Å²) in [5, 5.41) is 2.25. The number of aromatic nitrogens is 1. The van der Waals surface area contributed by atoms with Crippen molar-refractivity contribution >= 4 is 23.5 Å². The van der Waals surface area contributed by atoms with Crippen LogP contribution < -0.4 is 10.2 Å². The van der Waals surface area contributed by atoms with Crippen LogP contribution in [-0.4, -0.2) is 35.8 Å². The molecule has 9 heteroatoms. The number of amides is 1. The molecule has 1 aromatic rings. The molecule has 0 aliphatic carbocycles. The van der Waals surface area contributed by atoms with Gasteiger partial charge in [-0.05, 0) is 45.7 Å². The summed E-state index contributed by atoms with van der Waals surface area (Å²) in [6.45, 7) is 6.46. The van der Waals surface area contributed by atoms with Crippen LogP contribution in [0.4, 0.5) is 23.8 Å². The molecule has 1 N–H and O–H groups in total. The van der Waals surface area contributed by atoms with E-state index in [1.165, 1.54) is 6.07 Å². The monoisotopic (exact) mass is 379 g/mol. The van der Waals surface area contributed by atoms with Crippen molar-refractivity contribution in [2.45, 2.75) is 51.4 Å². The van der Waals surface area contributed by atoms with Gasteiger partial charge in [-0.15, -0.1) is 0 Å². The van der Waals surface area contributed by atoms with Gasteiger partial charge in [0.2, 0.25) is 0 Å². The number of hydrogen-bond acceptors (Lipinski definition) is 4. The molecule has 0 aromatic carbocycles. The van der Waals surface area contributed by atoms with Crippen LogP contribution in [0.3, 0.4) is 0 Å². The number of anilines is 1. The van der Waals surface area contributed by atoms with Crippen LogP contribution in [0.5, 0.6) is 0 Å². The summed E-state index contributed by atoms with van der Waals surface area (Å²) in [5.41, 5.74) is -1.51. The van der Waals surface area contributed by atoms with Crippen LogP contribution in [-0.2, 0) is 10.9 Å². The van der Waals surface area contributed by atoms with Crippen molar-refractivity contribution in [3.05, 3.63) is 22.8 Å². The zero-order valence-electron chi connectivity index (χ0n) is 14.3. The Kier molecular flexibility index (Phi) is 5.71. The second kappa shape index (κ2) is 7.27. The highest BCUT2D eigenvalue weighted by Gasteiger charge is 2.34. The van der Waals surface area contributed by atoms with Crippen LogP contribution in [0.25, 0.3) is 0 Å². The fraction of sp³-hybridized carbons (Fsp3) is 0.625. The average molecular weight is 380 g/mol. The summed E-state index contributed by atoms with van der Waals surface area (Å²) >= 11 is 5.66. The Hall–Kier alpha value is -1.70. The lowest BCUT2D eigenvalue weighted by Crippen LogP contribution is -2.46. The summed E-state index contributed by atoms with van der Waals surface area (Å²) in [4.78, 5) is 17.5. The molecule has 1 aliphatic heterocycles. The first-order valence-electron chi connectivity index (χ1n) is 7.94. The molecule has 1 fully saturated rings. The van der Waals surface area contributed by atoms with E-state index < -0.39 is 28.6 Å². The van der Waals surface area contributed by atoms with E-state index >= 15 is 0 Å². The molecule has 1 aromatic heterocycles. The van der Waals surface area contributed by atoms with E-state index in [0.29, 0.717) is 31.7 Å². The van der Waals surface area contributed by atoms with Gasteiger partial charge in [0, 0.05) is 19.1 Å². The Morgan fingerprint density at radius 3 is 2.36 bits per heavy atom. The van der Waals surface area contributed by atoms with Crippen LogP contribution in [0.2, 0.25) is 5.15 Å². The van der Waals surface area contributed by atoms with Crippen molar-refractivity contribution in [1.82, 2.24) is 10.3 Å². The van der Waals surface area contributed by atoms with Gasteiger partial charge in [-0.25, -0.2) is 9.78 Å². The Morgan fingerprint density at radius 1 is 1.28 bits per heavy atom. The summed E-state index contributed by atoms with van der Waals surface area (Å²) < 4.78 is 43.4. The quantitative estimate of drug-likeness (QED) is 0.780. The molecule has 0 radical (unpaired) electrons. The van der Waals surface area contributed by atoms with E-state index in [0.717, 1.165) is 6.07 Å². The maximum Gasteiger partial charge on any atom is 0.419 e. The number of halogens is 4. The van der Waals surface area contributed by atoms with Gasteiger partial charge in [-0.2, -0.15) is 13.2 Å². The molecular weight excluding hydrogens is 359 g/mol. The Labute approximate surface area is 149 Å². The molecule has 0 atom stereocenters. The number of ether oxygens (including phenoxy) is 1. The minimum absolute atomic E-state index is 0.0454. The maximum absolute atomic E-state index is 12.7. The van der Waals surface area contributed by atoms with Gasteiger partial charge in [0.05, 0.1) is 5.56 Å². The third kappa shape index (κ3) is 5.66. The summed E-state index contributed by atoms with van der Waals surface area (Å²) in [6, 6.07) is 2.21. The molecular formula is C16H21ClF3N3O2. The maximum atomic E-state index is 12.7. The molecule has 5 nitrogen and oxygen atoms in total. The zero-order chi connectivity index (χ0) is 18.8. The van der Waals surface area contributed by atoms with E-state index in [-0.39, 0.29) is 6.04 Å². The third-order valence-electron chi connectivity index (χ3n) is 3.68. The summed E-state index contributed by atoms with van der Waals surface area (Å²) in [7, 11) is 0. The van der Waals surface area contributed by atoms with E-state index in [4.69, 9.17) is 16.3 Å². The van der Waals surface area contributed by atoms with Gasteiger partial charge < -0.3 is 15.0 Å². The molecule has 25 heavy (non-hydrogen) atoms. The minimum atomic E-state index is -4.52. The molecule has 1 aliphatic rings. The van der Waals surface area contributed by atoms with Crippen molar-refractivity contribution in [2.75, 3.05) is 18.0 Å².